The van der Waals surface area contributed by atoms with Crippen LogP contribution in [0.2, 0.25) is 0 Å². The van der Waals surface area contributed by atoms with E-state index in [1.807, 2.05) is 17.0 Å². The molecule has 2 aromatic carbocycles. The fourth-order valence-electron chi connectivity index (χ4n) is 3.96. The van der Waals surface area contributed by atoms with Crippen LogP contribution in [0.3, 0.4) is 0 Å². The summed E-state index contributed by atoms with van der Waals surface area (Å²) in [4.78, 5) is 19.3. The summed E-state index contributed by atoms with van der Waals surface area (Å²) in [7, 11) is 4.27. The summed E-state index contributed by atoms with van der Waals surface area (Å²) in [6, 6.07) is 13.9. The minimum Gasteiger partial charge on any atom is -0.508 e. The van der Waals surface area contributed by atoms with E-state index in [-0.39, 0.29) is 11.7 Å². The number of amides is 1. The highest BCUT2D eigenvalue weighted by atomic mass is 16.3. The lowest BCUT2D eigenvalue weighted by atomic mass is 9.98. The third-order valence-corrected chi connectivity index (χ3v) is 5.59. The summed E-state index contributed by atoms with van der Waals surface area (Å²) >= 11 is 0. The highest BCUT2D eigenvalue weighted by molar-refractivity contribution is 6.08. The number of benzene rings is 2. The van der Waals surface area contributed by atoms with Crippen molar-refractivity contribution in [3.8, 4) is 5.75 Å². The number of hydrogen-bond acceptors (Lipinski definition) is 4. The van der Waals surface area contributed by atoms with Gasteiger partial charge in [-0.25, -0.2) is 0 Å². The van der Waals surface area contributed by atoms with Crippen molar-refractivity contribution in [2.75, 3.05) is 43.5 Å². The molecule has 1 N–H and O–H groups in total. The minimum atomic E-state index is 0.00726. The van der Waals surface area contributed by atoms with Gasteiger partial charge in [-0.2, -0.15) is 0 Å². The van der Waals surface area contributed by atoms with Crippen LogP contribution in [-0.2, 0) is 6.42 Å². The van der Waals surface area contributed by atoms with Crippen LogP contribution in [0.4, 0.5) is 11.4 Å². The molecule has 5 heteroatoms. The smallest absolute Gasteiger partial charge is 0.258 e. The molecule has 136 valence electrons. The summed E-state index contributed by atoms with van der Waals surface area (Å²) in [5, 5.41) is 9.61. The molecule has 2 aliphatic heterocycles. The fraction of sp³-hybridized carbons (Fsp3) is 0.381. The van der Waals surface area contributed by atoms with Crippen molar-refractivity contribution in [1.29, 1.82) is 0 Å². The Hall–Kier alpha value is -2.53. The van der Waals surface area contributed by atoms with Gasteiger partial charge in [-0.05, 0) is 75.0 Å². The van der Waals surface area contributed by atoms with Crippen LogP contribution >= 0.6 is 0 Å². The maximum Gasteiger partial charge on any atom is 0.258 e. The number of anilines is 2. The number of carbonyl (C=O) groups is 1. The predicted octanol–water partition coefficient (Wildman–Crippen LogP) is 2.74. The number of nitrogens with zero attached hydrogens (tertiary/aromatic N) is 3. The van der Waals surface area contributed by atoms with E-state index in [2.05, 4.69) is 36.0 Å². The number of aromatic hydroxyl groups is 1. The summed E-state index contributed by atoms with van der Waals surface area (Å²) in [6.07, 6.45) is 1.94. The maximum absolute atomic E-state index is 12.8. The lowest BCUT2D eigenvalue weighted by Gasteiger charge is -2.29. The van der Waals surface area contributed by atoms with E-state index < -0.39 is 0 Å². The molecule has 0 aromatic heterocycles. The molecule has 1 amide bonds. The normalized spacial score (nSPS) is 20.0. The van der Waals surface area contributed by atoms with E-state index >= 15 is 0 Å². The Balaban J connectivity index is 1.51. The van der Waals surface area contributed by atoms with Gasteiger partial charge in [-0.3, -0.25) is 4.79 Å². The number of rotatable bonds is 3. The highest BCUT2D eigenvalue weighted by Gasteiger charge is 2.27. The Bertz CT molecular complexity index is 817. The van der Waals surface area contributed by atoms with Gasteiger partial charge in [0.2, 0.25) is 0 Å². The first-order chi connectivity index (χ1) is 12.5. The van der Waals surface area contributed by atoms with Crippen LogP contribution in [-0.4, -0.2) is 55.7 Å². The molecule has 0 aliphatic carbocycles. The Labute approximate surface area is 154 Å². The average molecular weight is 351 g/mol. The molecule has 26 heavy (non-hydrogen) atoms. The predicted molar refractivity (Wildman–Crippen MR) is 104 cm³/mol. The van der Waals surface area contributed by atoms with Crippen molar-refractivity contribution in [3.05, 3.63) is 53.6 Å². The quantitative estimate of drug-likeness (QED) is 0.924. The SMILES string of the molecule is CN(C)C1CCN(c2ccc(N3CCc4cc(O)ccc4C3=O)cc2)C1. The van der Waals surface area contributed by atoms with Crippen molar-refractivity contribution in [2.24, 2.45) is 0 Å². The molecule has 0 radical (unpaired) electrons. The van der Waals surface area contributed by atoms with Crippen LogP contribution in [0.25, 0.3) is 0 Å². The van der Waals surface area contributed by atoms with Crippen molar-refractivity contribution < 1.29 is 9.90 Å². The Morgan fingerprint density at radius 1 is 1.04 bits per heavy atom. The second-order valence-electron chi connectivity index (χ2n) is 7.42. The zero-order valence-corrected chi connectivity index (χ0v) is 15.4. The van der Waals surface area contributed by atoms with Crippen LogP contribution in [0, 0.1) is 0 Å². The fourth-order valence-corrected chi connectivity index (χ4v) is 3.96. The van der Waals surface area contributed by atoms with Crippen LogP contribution in [0.5, 0.6) is 5.75 Å². The topological polar surface area (TPSA) is 47.0 Å². The van der Waals surface area contributed by atoms with E-state index in [9.17, 15) is 9.90 Å². The molecule has 0 spiro atoms. The molecule has 0 saturated carbocycles. The number of likely N-dealkylation sites (N-methyl/N-ethyl adjacent to an activating group) is 1. The van der Waals surface area contributed by atoms with E-state index in [0.717, 1.165) is 30.8 Å². The molecule has 0 bridgehead atoms. The van der Waals surface area contributed by atoms with Crippen molar-refractivity contribution >= 4 is 17.3 Å². The summed E-state index contributed by atoms with van der Waals surface area (Å²) in [5.74, 6) is 0.226. The molecule has 2 aliphatic rings. The molecule has 1 saturated heterocycles. The molecule has 1 atom stereocenters. The zero-order valence-electron chi connectivity index (χ0n) is 15.4. The first-order valence-corrected chi connectivity index (χ1v) is 9.18. The number of fused-ring (bicyclic) bond motifs is 1. The number of carbonyl (C=O) groups excluding carboxylic acids is 1. The van der Waals surface area contributed by atoms with Crippen molar-refractivity contribution in [3.63, 3.8) is 0 Å². The second kappa shape index (κ2) is 6.65. The highest BCUT2D eigenvalue weighted by Crippen LogP contribution is 2.29. The first kappa shape index (κ1) is 16.9. The largest absolute Gasteiger partial charge is 0.508 e. The number of hydrogen-bond donors (Lipinski definition) is 1. The average Bonchev–Trinajstić information content (AvgIpc) is 3.13. The summed E-state index contributed by atoms with van der Waals surface area (Å²) < 4.78 is 0. The van der Waals surface area contributed by atoms with Gasteiger partial charge < -0.3 is 19.8 Å². The Morgan fingerprint density at radius 2 is 1.77 bits per heavy atom. The third-order valence-electron chi connectivity index (χ3n) is 5.59. The minimum absolute atomic E-state index is 0.00726. The molecular weight excluding hydrogens is 326 g/mol. The Kier molecular flexibility index (Phi) is 4.32. The standard InChI is InChI=1S/C21H25N3O2/c1-22(2)18-10-11-23(14-18)16-3-5-17(6-4-16)24-12-9-15-13-19(25)7-8-20(15)21(24)26/h3-8,13,18,25H,9-12,14H2,1-2H3. The van der Waals surface area contributed by atoms with Crippen LogP contribution in [0.15, 0.2) is 42.5 Å². The third kappa shape index (κ3) is 3.03. The lowest BCUT2D eigenvalue weighted by molar-refractivity contribution is 0.0980. The summed E-state index contributed by atoms with van der Waals surface area (Å²) in [5.41, 5.74) is 3.76. The van der Waals surface area contributed by atoms with Crippen molar-refractivity contribution in [2.45, 2.75) is 18.9 Å². The van der Waals surface area contributed by atoms with Gasteiger partial charge in [-0.15, -0.1) is 0 Å². The molecule has 1 fully saturated rings. The molecule has 4 rings (SSSR count). The van der Waals surface area contributed by atoms with Gasteiger partial charge in [0.05, 0.1) is 0 Å². The van der Waals surface area contributed by atoms with E-state index in [0.29, 0.717) is 18.2 Å². The van der Waals surface area contributed by atoms with Gasteiger partial charge in [0.25, 0.3) is 5.91 Å². The molecule has 1 unspecified atom stereocenters. The number of phenolic OH excluding ortho intramolecular Hbond substituents is 1. The lowest BCUT2D eigenvalue weighted by Crippen LogP contribution is -2.37. The van der Waals surface area contributed by atoms with Gasteiger partial charge in [-0.1, -0.05) is 0 Å². The Morgan fingerprint density at radius 3 is 2.46 bits per heavy atom. The van der Waals surface area contributed by atoms with Gasteiger partial charge in [0.15, 0.2) is 0 Å². The van der Waals surface area contributed by atoms with Crippen molar-refractivity contribution in [1.82, 2.24) is 4.90 Å². The number of phenols is 1. The van der Waals surface area contributed by atoms with Gasteiger partial charge in [0, 0.05) is 42.6 Å². The maximum atomic E-state index is 12.8. The van der Waals surface area contributed by atoms with E-state index in [1.165, 1.54) is 12.1 Å². The van der Waals surface area contributed by atoms with Crippen LogP contribution in [0.1, 0.15) is 22.3 Å². The van der Waals surface area contributed by atoms with E-state index in [1.54, 1.807) is 18.2 Å². The van der Waals surface area contributed by atoms with E-state index in [4.69, 9.17) is 0 Å². The molecule has 5 nitrogen and oxygen atoms in total. The molecule has 2 heterocycles. The zero-order chi connectivity index (χ0) is 18.3. The first-order valence-electron chi connectivity index (χ1n) is 9.18. The monoisotopic (exact) mass is 351 g/mol. The van der Waals surface area contributed by atoms with Crippen LogP contribution < -0.4 is 9.80 Å². The summed E-state index contributed by atoms with van der Waals surface area (Å²) in [6.45, 7) is 2.76. The molecule has 2 aromatic rings. The van der Waals surface area contributed by atoms with Gasteiger partial charge >= 0.3 is 0 Å². The second-order valence-corrected chi connectivity index (χ2v) is 7.42. The van der Waals surface area contributed by atoms with Gasteiger partial charge in [0.1, 0.15) is 5.75 Å². The molecular formula is C21H25N3O2.